The lowest BCUT2D eigenvalue weighted by molar-refractivity contribution is 0.0911. The van der Waals surface area contributed by atoms with Gasteiger partial charge < -0.3 is 5.32 Å². The molecular weight excluding hydrogens is 216 g/mol. The van der Waals surface area contributed by atoms with E-state index >= 15 is 0 Å². The lowest BCUT2D eigenvalue weighted by Gasteiger charge is -2.28. The van der Waals surface area contributed by atoms with Crippen LogP contribution in [0.4, 0.5) is 0 Å². The summed E-state index contributed by atoms with van der Waals surface area (Å²) >= 11 is 0. The molecule has 0 radical (unpaired) electrons. The number of hydrogen-bond donors (Lipinski definition) is 2. The first-order valence-electron chi connectivity index (χ1n) is 6.45. The smallest absolute Gasteiger partial charge is 0.288 e. The average Bonchev–Trinajstić information content (AvgIpc) is 2.86. The van der Waals surface area contributed by atoms with E-state index in [2.05, 4.69) is 27.4 Å². The summed E-state index contributed by atoms with van der Waals surface area (Å²) in [4.78, 5) is 15.6. The zero-order valence-corrected chi connectivity index (χ0v) is 10.3. The number of H-pyrrole nitrogens is 1. The molecule has 0 aromatic carbocycles. The Bertz CT molecular complexity index is 341. The number of nitrogens with zero attached hydrogens (tertiary/aromatic N) is 2. The molecule has 1 amide bonds. The Balaban J connectivity index is 1.76. The highest BCUT2D eigenvalue weighted by Gasteiger charge is 2.22. The topological polar surface area (TPSA) is 70.7 Å². The molecule has 94 valence electrons. The Morgan fingerprint density at radius 2 is 2.24 bits per heavy atom. The van der Waals surface area contributed by atoms with E-state index in [0.717, 1.165) is 18.8 Å². The van der Waals surface area contributed by atoms with Gasteiger partial charge in [-0.05, 0) is 31.6 Å². The number of amides is 1. The standard InChI is InChI=1S/C12H20N4O/c1-2-3-9-4-6-10(7-5-9)15-12(17)11-13-8-14-16-11/h8-10H,2-7H2,1H3,(H,15,17)(H,13,14,16). The van der Waals surface area contributed by atoms with Crippen LogP contribution in [0.5, 0.6) is 0 Å². The van der Waals surface area contributed by atoms with Gasteiger partial charge in [0.25, 0.3) is 5.91 Å². The molecule has 1 aliphatic carbocycles. The van der Waals surface area contributed by atoms with Crippen LogP contribution < -0.4 is 5.32 Å². The molecule has 17 heavy (non-hydrogen) atoms. The van der Waals surface area contributed by atoms with E-state index < -0.39 is 0 Å². The molecule has 5 nitrogen and oxygen atoms in total. The zero-order chi connectivity index (χ0) is 12.1. The highest BCUT2D eigenvalue weighted by atomic mass is 16.2. The molecule has 1 aromatic rings. The van der Waals surface area contributed by atoms with Crippen LogP contribution in [-0.4, -0.2) is 27.1 Å². The molecule has 1 aliphatic rings. The Morgan fingerprint density at radius 1 is 1.47 bits per heavy atom. The molecule has 1 aromatic heterocycles. The van der Waals surface area contributed by atoms with Gasteiger partial charge >= 0.3 is 0 Å². The molecule has 1 fully saturated rings. The summed E-state index contributed by atoms with van der Waals surface area (Å²) < 4.78 is 0. The van der Waals surface area contributed by atoms with Gasteiger partial charge in [0.15, 0.2) is 0 Å². The van der Waals surface area contributed by atoms with Gasteiger partial charge in [0.2, 0.25) is 5.82 Å². The Morgan fingerprint density at radius 3 is 2.82 bits per heavy atom. The quantitative estimate of drug-likeness (QED) is 0.838. The first kappa shape index (κ1) is 12.1. The molecule has 0 unspecified atom stereocenters. The van der Waals surface area contributed by atoms with Gasteiger partial charge in [0.05, 0.1) is 0 Å². The summed E-state index contributed by atoms with van der Waals surface area (Å²) in [7, 11) is 0. The Hall–Kier alpha value is -1.39. The van der Waals surface area contributed by atoms with Crippen LogP contribution in [0.1, 0.15) is 56.1 Å². The van der Waals surface area contributed by atoms with Crippen molar-refractivity contribution in [1.82, 2.24) is 20.5 Å². The lowest BCUT2D eigenvalue weighted by atomic mass is 9.83. The molecule has 2 rings (SSSR count). The lowest BCUT2D eigenvalue weighted by Crippen LogP contribution is -2.38. The highest BCUT2D eigenvalue weighted by molar-refractivity contribution is 5.90. The number of aromatic amines is 1. The van der Waals surface area contributed by atoms with E-state index in [9.17, 15) is 4.79 Å². The molecule has 1 heterocycles. The van der Waals surface area contributed by atoms with E-state index in [0.29, 0.717) is 11.9 Å². The summed E-state index contributed by atoms with van der Waals surface area (Å²) in [5.41, 5.74) is 0. The molecule has 0 atom stereocenters. The number of carbonyl (C=O) groups excluding carboxylic acids is 1. The second-order valence-electron chi connectivity index (χ2n) is 4.81. The minimum Gasteiger partial charge on any atom is -0.347 e. The second-order valence-corrected chi connectivity index (χ2v) is 4.81. The minimum atomic E-state index is -0.138. The van der Waals surface area contributed by atoms with E-state index in [4.69, 9.17) is 0 Å². The van der Waals surface area contributed by atoms with E-state index in [1.54, 1.807) is 0 Å². The van der Waals surface area contributed by atoms with Crippen molar-refractivity contribution in [3.05, 3.63) is 12.2 Å². The van der Waals surface area contributed by atoms with Crippen molar-refractivity contribution in [2.75, 3.05) is 0 Å². The summed E-state index contributed by atoms with van der Waals surface area (Å²) in [6.07, 6.45) is 8.58. The van der Waals surface area contributed by atoms with Crippen molar-refractivity contribution in [2.45, 2.75) is 51.5 Å². The van der Waals surface area contributed by atoms with Crippen molar-refractivity contribution >= 4 is 5.91 Å². The number of carbonyl (C=O) groups is 1. The summed E-state index contributed by atoms with van der Waals surface area (Å²) in [6, 6.07) is 0.306. The van der Waals surface area contributed by atoms with Crippen LogP contribution in [0.25, 0.3) is 0 Å². The van der Waals surface area contributed by atoms with Crippen LogP contribution in [0.2, 0.25) is 0 Å². The first-order chi connectivity index (χ1) is 8.29. The van der Waals surface area contributed by atoms with Gasteiger partial charge in [0.1, 0.15) is 6.33 Å². The van der Waals surface area contributed by atoms with Crippen molar-refractivity contribution < 1.29 is 4.79 Å². The van der Waals surface area contributed by atoms with Crippen molar-refractivity contribution in [1.29, 1.82) is 0 Å². The maximum absolute atomic E-state index is 11.7. The summed E-state index contributed by atoms with van der Waals surface area (Å²) in [6.45, 7) is 2.23. The molecule has 1 saturated carbocycles. The fourth-order valence-electron chi connectivity index (χ4n) is 2.57. The van der Waals surface area contributed by atoms with E-state index in [1.165, 1.54) is 32.0 Å². The normalized spacial score (nSPS) is 24.5. The van der Waals surface area contributed by atoms with E-state index in [1.807, 2.05) is 0 Å². The molecule has 0 bridgehead atoms. The maximum atomic E-state index is 11.7. The molecule has 5 heteroatoms. The third kappa shape index (κ3) is 3.28. The number of hydrogen-bond acceptors (Lipinski definition) is 3. The van der Waals surface area contributed by atoms with Gasteiger partial charge in [0, 0.05) is 6.04 Å². The number of aromatic nitrogens is 3. The monoisotopic (exact) mass is 236 g/mol. The third-order valence-electron chi connectivity index (χ3n) is 3.51. The van der Waals surface area contributed by atoms with Crippen LogP contribution in [0.3, 0.4) is 0 Å². The predicted octanol–water partition coefficient (Wildman–Crippen LogP) is 1.89. The molecule has 0 saturated heterocycles. The SMILES string of the molecule is CCCC1CCC(NC(=O)c2ncn[nH]2)CC1. The van der Waals surface area contributed by atoms with Gasteiger partial charge in [-0.3, -0.25) is 9.89 Å². The van der Waals surface area contributed by atoms with Gasteiger partial charge in [-0.25, -0.2) is 4.98 Å². The van der Waals surface area contributed by atoms with Gasteiger partial charge in [-0.1, -0.05) is 19.8 Å². The molecule has 0 aliphatic heterocycles. The van der Waals surface area contributed by atoms with Crippen molar-refractivity contribution in [3.8, 4) is 0 Å². The second kappa shape index (κ2) is 5.80. The van der Waals surface area contributed by atoms with Crippen LogP contribution in [0.15, 0.2) is 6.33 Å². The van der Waals surface area contributed by atoms with Crippen LogP contribution in [-0.2, 0) is 0 Å². The summed E-state index contributed by atoms with van der Waals surface area (Å²) in [5, 5.41) is 9.27. The largest absolute Gasteiger partial charge is 0.347 e. The maximum Gasteiger partial charge on any atom is 0.288 e. The highest BCUT2D eigenvalue weighted by Crippen LogP contribution is 2.27. The molecule has 2 N–H and O–H groups in total. The molecule has 0 spiro atoms. The van der Waals surface area contributed by atoms with E-state index in [-0.39, 0.29) is 5.91 Å². The Kier molecular flexibility index (Phi) is 4.12. The predicted molar refractivity (Wildman–Crippen MR) is 64.5 cm³/mol. The fourth-order valence-corrected chi connectivity index (χ4v) is 2.57. The van der Waals surface area contributed by atoms with Crippen molar-refractivity contribution in [3.63, 3.8) is 0 Å². The Labute approximate surface area is 101 Å². The van der Waals surface area contributed by atoms with Crippen LogP contribution >= 0.6 is 0 Å². The first-order valence-corrected chi connectivity index (χ1v) is 6.45. The van der Waals surface area contributed by atoms with Crippen LogP contribution in [0, 0.1) is 5.92 Å². The van der Waals surface area contributed by atoms with Gasteiger partial charge in [-0.15, -0.1) is 0 Å². The number of rotatable bonds is 4. The average molecular weight is 236 g/mol. The summed E-state index contributed by atoms with van der Waals surface area (Å²) in [5.74, 6) is 1.03. The van der Waals surface area contributed by atoms with Crippen molar-refractivity contribution in [2.24, 2.45) is 5.92 Å². The number of nitrogens with one attached hydrogen (secondary N) is 2. The fraction of sp³-hybridized carbons (Fsp3) is 0.750. The third-order valence-corrected chi connectivity index (χ3v) is 3.51. The minimum absolute atomic E-state index is 0.138. The van der Waals surface area contributed by atoms with Gasteiger partial charge in [-0.2, -0.15) is 5.10 Å². The zero-order valence-electron chi connectivity index (χ0n) is 10.3. The molecular formula is C12H20N4O.